The number of fused-ring (bicyclic) bond motifs is 11. The molecule has 0 saturated heterocycles. The van der Waals surface area contributed by atoms with E-state index in [9.17, 15) is 0 Å². The van der Waals surface area contributed by atoms with E-state index >= 15 is 0 Å². The predicted octanol–water partition coefficient (Wildman–Crippen LogP) is 10.5. The molecule has 0 N–H and O–H groups in total. The van der Waals surface area contributed by atoms with Crippen LogP contribution in [-0.2, 0) is 5.41 Å². The molecule has 3 heterocycles. The lowest BCUT2D eigenvalue weighted by Gasteiger charge is -2.23. The van der Waals surface area contributed by atoms with Gasteiger partial charge < -0.3 is 4.42 Å². The number of para-hydroxylation sites is 2. The molecule has 47 heavy (non-hydrogen) atoms. The summed E-state index contributed by atoms with van der Waals surface area (Å²) in [5.41, 5.74) is 10.4. The quantitative estimate of drug-likeness (QED) is 0.201. The molecule has 0 fully saturated rings. The van der Waals surface area contributed by atoms with Gasteiger partial charge in [-0.3, -0.25) is 4.57 Å². The Morgan fingerprint density at radius 2 is 1.17 bits per heavy atom. The first-order chi connectivity index (χ1) is 23.1. The summed E-state index contributed by atoms with van der Waals surface area (Å²) in [4.78, 5) is 15.4. The largest absolute Gasteiger partial charge is 0.455 e. The van der Waals surface area contributed by atoms with Crippen molar-refractivity contribution in [3.8, 4) is 39.9 Å². The van der Waals surface area contributed by atoms with Crippen LogP contribution in [0, 0.1) is 0 Å². The fraction of sp³-hybridized carbons (Fsp3) is 0.0714. The highest BCUT2D eigenvalue weighted by Crippen LogP contribution is 2.55. The number of furan rings is 1. The van der Waals surface area contributed by atoms with Gasteiger partial charge >= 0.3 is 0 Å². The van der Waals surface area contributed by atoms with E-state index in [0.29, 0.717) is 17.6 Å². The van der Waals surface area contributed by atoms with Gasteiger partial charge in [0.25, 0.3) is 0 Å². The van der Waals surface area contributed by atoms with Crippen LogP contribution < -0.4 is 0 Å². The third-order valence-corrected chi connectivity index (χ3v) is 9.84. The third-order valence-electron chi connectivity index (χ3n) is 9.84. The second-order valence-corrected chi connectivity index (χ2v) is 12.8. The molecule has 3 aromatic heterocycles. The van der Waals surface area contributed by atoms with Gasteiger partial charge in [0, 0.05) is 43.7 Å². The summed E-state index contributed by atoms with van der Waals surface area (Å²) < 4.78 is 8.88. The fourth-order valence-corrected chi connectivity index (χ4v) is 7.72. The van der Waals surface area contributed by atoms with Gasteiger partial charge in [0.2, 0.25) is 5.95 Å². The number of nitrogens with zero attached hydrogens (tertiary/aromatic N) is 4. The molecule has 0 bridgehead atoms. The first kappa shape index (κ1) is 26.2. The van der Waals surface area contributed by atoms with Gasteiger partial charge in [-0.2, -0.15) is 9.97 Å². The lowest BCUT2D eigenvalue weighted by Crippen LogP contribution is -2.17. The Hall–Kier alpha value is -6.07. The second-order valence-electron chi connectivity index (χ2n) is 12.8. The van der Waals surface area contributed by atoms with Crippen LogP contribution in [0.1, 0.15) is 25.0 Å². The number of rotatable bonds is 3. The molecule has 6 aromatic carbocycles. The SMILES string of the molecule is CC1(C)c2ccc3c(oc4ccccc43)c2-c2ccc3c4ccccc4n(-c4nc(-c5ccccc5)nc(-c5ccccc5)n4)c3c21. The Bertz CT molecular complexity index is 2640. The average molecular weight is 605 g/mol. The van der Waals surface area contributed by atoms with E-state index in [1.54, 1.807) is 0 Å². The van der Waals surface area contributed by atoms with Crippen LogP contribution in [-0.4, -0.2) is 19.5 Å². The molecule has 9 aromatic rings. The minimum Gasteiger partial charge on any atom is -0.455 e. The maximum atomic E-state index is 6.62. The van der Waals surface area contributed by atoms with E-state index in [2.05, 4.69) is 109 Å². The Morgan fingerprint density at radius 3 is 1.89 bits per heavy atom. The summed E-state index contributed by atoms with van der Waals surface area (Å²) in [6, 6.07) is 46.3. The topological polar surface area (TPSA) is 56.7 Å². The summed E-state index contributed by atoms with van der Waals surface area (Å²) >= 11 is 0. The van der Waals surface area contributed by atoms with Gasteiger partial charge in [0.05, 0.1) is 11.0 Å². The molecule has 0 atom stereocenters. The van der Waals surface area contributed by atoms with Crippen LogP contribution in [0.2, 0.25) is 0 Å². The normalized spacial score (nSPS) is 13.5. The number of hydrogen-bond donors (Lipinski definition) is 0. The van der Waals surface area contributed by atoms with Crippen molar-refractivity contribution in [2.45, 2.75) is 19.3 Å². The first-order valence-electron chi connectivity index (χ1n) is 16.0. The first-order valence-corrected chi connectivity index (χ1v) is 16.0. The lowest BCUT2D eigenvalue weighted by molar-refractivity contribution is 0.655. The van der Waals surface area contributed by atoms with E-state index in [1.807, 2.05) is 42.5 Å². The van der Waals surface area contributed by atoms with Crippen molar-refractivity contribution >= 4 is 43.7 Å². The highest BCUT2D eigenvalue weighted by molar-refractivity contribution is 6.16. The molecule has 5 heteroatoms. The van der Waals surface area contributed by atoms with Crippen LogP contribution in [0.3, 0.4) is 0 Å². The monoisotopic (exact) mass is 604 g/mol. The molecule has 0 radical (unpaired) electrons. The standard InChI is InChI=1S/C42H28N4O/c1-42(2)32-24-23-30-28-18-10-12-20-34(28)47-38(30)35(32)31-22-21-29-27-17-9-11-19-33(27)46(37(29)36(31)42)41-44-39(25-13-5-3-6-14-25)43-40(45-41)26-15-7-4-8-16-26/h3-24H,1-2H3. The number of hydrogen-bond acceptors (Lipinski definition) is 4. The number of aromatic nitrogens is 4. The molecular formula is C42H28N4O. The van der Waals surface area contributed by atoms with E-state index in [1.165, 1.54) is 27.6 Å². The molecular weight excluding hydrogens is 576 g/mol. The van der Waals surface area contributed by atoms with E-state index < -0.39 is 0 Å². The Labute approximate surface area is 270 Å². The zero-order valence-electron chi connectivity index (χ0n) is 25.9. The second kappa shape index (κ2) is 9.47. The minimum atomic E-state index is -0.318. The van der Waals surface area contributed by atoms with E-state index in [4.69, 9.17) is 19.4 Å². The van der Waals surface area contributed by atoms with Gasteiger partial charge in [-0.1, -0.05) is 135 Å². The zero-order chi connectivity index (χ0) is 31.3. The maximum Gasteiger partial charge on any atom is 0.238 e. The summed E-state index contributed by atoms with van der Waals surface area (Å²) in [6.45, 7) is 4.65. The molecule has 0 unspecified atom stereocenters. The molecule has 1 aliphatic rings. The molecule has 222 valence electrons. The van der Waals surface area contributed by atoms with Gasteiger partial charge in [-0.25, -0.2) is 4.98 Å². The molecule has 10 rings (SSSR count). The van der Waals surface area contributed by atoms with Gasteiger partial charge in [-0.15, -0.1) is 0 Å². The van der Waals surface area contributed by atoms with Crippen molar-refractivity contribution in [1.82, 2.24) is 19.5 Å². The summed E-state index contributed by atoms with van der Waals surface area (Å²) in [5.74, 6) is 1.87. The molecule has 0 saturated carbocycles. The molecule has 1 aliphatic carbocycles. The van der Waals surface area contributed by atoms with Gasteiger partial charge in [0.15, 0.2) is 11.6 Å². The van der Waals surface area contributed by atoms with Crippen molar-refractivity contribution in [2.75, 3.05) is 0 Å². The molecule has 0 amide bonds. The summed E-state index contributed by atoms with van der Waals surface area (Å²) in [7, 11) is 0. The Kier molecular flexibility index (Phi) is 5.28. The average Bonchev–Trinajstić information content (AvgIpc) is 3.74. The van der Waals surface area contributed by atoms with Crippen LogP contribution in [0.15, 0.2) is 138 Å². The van der Waals surface area contributed by atoms with Crippen molar-refractivity contribution in [3.05, 3.63) is 145 Å². The van der Waals surface area contributed by atoms with Gasteiger partial charge in [0.1, 0.15) is 11.2 Å². The Balaban J connectivity index is 1.34. The minimum absolute atomic E-state index is 0.318. The molecule has 0 spiro atoms. The van der Waals surface area contributed by atoms with E-state index in [-0.39, 0.29) is 5.41 Å². The van der Waals surface area contributed by atoms with Crippen LogP contribution in [0.5, 0.6) is 0 Å². The van der Waals surface area contributed by atoms with Crippen molar-refractivity contribution < 1.29 is 4.42 Å². The summed E-state index contributed by atoms with van der Waals surface area (Å²) in [6.07, 6.45) is 0. The predicted molar refractivity (Wildman–Crippen MR) is 190 cm³/mol. The van der Waals surface area contributed by atoms with Crippen molar-refractivity contribution in [1.29, 1.82) is 0 Å². The van der Waals surface area contributed by atoms with Crippen molar-refractivity contribution in [3.63, 3.8) is 0 Å². The molecule has 5 nitrogen and oxygen atoms in total. The van der Waals surface area contributed by atoms with Crippen LogP contribution >= 0.6 is 0 Å². The van der Waals surface area contributed by atoms with Crippen LogP contribution in [0.25, 0.3) is 83.6 Å². The third kappa shape index (κ3) is 3.62. The highest BCUT2D eigenvalue weighted by Gasteiger charge is 2.41. The maximum absolute atomic E-state index is 6.62. The smallest absolute Gasteiger partial charge is 0.238 e. The summed E-state index contributed by atoms with van der Waals surface area (Å²) in [5, 5.41) is 4.61. The van der Waals surface area contributed by atoms with Crippen LogP contribution in [0.4, 0.5) is 0 Å². The van der Waals surface area contributed by atoms with Gasteiger partial charge in [-0.05, 0) is 28.8 Å². The number of benzene rings is 6. The van der Waals surface area contributed by atoms with E-state index in [0.717, 1.165) is 49.5 Å². The Morgan fingerprint density at radius 1 is 0.553 bits per heavy atom. The highest BCUT2D eigenvalue weighted by atomic mass is 16.3. The fourth-order valence-electron chi connectivity index (χ4n) is 7.72. The lowest BCUT2D eigenvalue weighted by atomic mass is 9.81. The molecule has 0 aliphatic heterocycles. The zero-order valence-corrected chi connectivity index (χ0v) is 25.9. The van der Waals surface area contributed by atoms with Crippen molar-refractivity contribution in [2.24, 2.45) is 0 Å².